The molecule has 0 spiro atoms. The van der Waals surface area contributed by atoms with Crippen LogP contribution in [-0.4, -0.2) is 60.5 Å². The number of likely N-dealkylation sites (tertiary alicyclic amines) is 1. The summed E-state index contributed by atoms with van der Waals surface area (Å²) in [7, 11) is 2.15. The van der Waals surface area contributed by atoms with Crippen molar-refractivity contribution in [3.8, 4) is 0 Å². The third kappa shape index (κ3) is 5.11. The quantitative estimate of drug-likeness (QED) is 0.764. The first kappa shape index (κ1) is 16.4. The SMILES string of the molecule is CCC(C)N(C)CCN1CCCC(NC(C)C)C1=O. The van der Waals surface area contributed by atoms with Crippen LogP contribution in [0.4, 0.5) is 0 Å². The molecule has 19 heavy (non-hydrogen) atoms. The van der Waals surface area contributed by atoms with Crippen molar-refractivity contribution in [1.29, 1.82) is 0 Å². The first-order chi connectivity index (χ1) is 8.95. The second kappa shape index (κ2) is 7.85. The fourth-order valence-corrected chi connectivity index (χ4v) is 2.53. The first-order valence-electron chi connectivity index (χ1n) is 7.70. The molecular weight excluding hydrogens is 238 g/mol. The molecule has 1 aliphatic heterocycles. The van der Waals surface area contributed by atoms with Crippen LogP contribution in [0.25, 0.3) is 0 Å². The average Bonchev–Trinajstić information content (AvgIpc) is 2.38. The molecule has 1 N–H and O–H groups in total. The summed E-state index contributed by atoms with van der Waals surface area (Å²) in [5.74, 6) is 0.289. The van der Waals surface area contributed by atoms with Crippen LogP contribution in [0.3, 0.4) is 0 Å². The Morgan fingerprint density at radius 2 is 2.11 bits per heavy atom. The summed E-state index contributed by atoms with van der Waals surface area (Å²) in [6.07, 6.45) is 3.25. The fraction of sp³-hybridized carbons (Fsp3) is 0.933. The fourth-order valence-electron chi connectivity index (χ4n) is 2.53. The van der Waals surface area contributed by atoms with Crippen LogP contribution in [0.2, 0.25) is 0 Å². The molecule has 0 aromatic carbocycles. The Morgan fingerprint density at radius 3 is 2.68 bits per heavy atom. The summed E-state index contributed by atoms with van der Waals surface area (Å²) < 4.78 is 0. The number of nitrogens with one attached hydrogen (secondary N) is 1. The smallest absolute Gasteiger partial charge is 0.239 e. The Kier molecular flexibility index (Phi) is 6.80. The van der Waals surface area contributed by atoms with Gasteiger partial charge in [-0.3, -0.25) is 4.79 Å². The molecule has 0 aromatic rings. The van der Waals surface area contributed by atoms with Crippen molar-refractivity contribution >= 4 is 5.91 Å². The zero-order valence-corrected chi connectivity index (χ0v) is 13.3. The highest BCUT2D eigenvalue weighted by Crippen LogP contribution is 2.12. The number of nitrogens with zero attached hydrogens (tertiary/aromatic N) is 2. The van der Waals surface area contributed by atoms with E-state index < -0.39 is 0 Å². The van der Waals surface area contributed by atoms with E-state index in [9.17, 15) is 4.79 Å². The van der Waals surface area contributed by atoms with Gasteiger partial charge in [-0.1, -0.05) is 20.8 Å². The van der Waals surface area contributed by atoms with E-state index in [1.807, 2.05) is 4.90 Å². The van der Waals surface area contributed by atoms with Crippen molar-refractivity contribution in [1.82, 2.24) is 15.1 Å². The molecule has 1 amide bonds. The lowest BCUT2D eigenvalue weighted by atomic mass is 10.0. The van der Waals surface area contributed by atoms with Crippen LogP contribution in [0, 0.1) is 0 Å². The van der Waals surface area contributed by atoms with Crippen LogP contribution in [0.5, 0.6) is 0 Å². The summed E-state index contributed by atoms with van der Waals surface area (Å²) in [5.41, 5.74) is 0. The Balaban J connectivity index is 2.43. The molecule has 2 atom stereocenters. The maximum absolute atomic E-state index is 12.4. The first-order valence-corrected chi connectivity index (χ1v) is 7.70. The van der Waals surface area contributed by atoms with E-state index >= 15 is 0 Å². The van der Waals surface area contributed by atoms with Gasteiger partial charge in [-0.05, 0) is 33.2 Å². The Bertz CT molecular complexity index is 281. The minimum absolute atomic E-state index is 0.0302. The number of carbonyl (C=O) groups is 1. The molecule has 0 aromatic heterocycles. The Morgan fingerprint density at radius 1 is 1.42 bits per heavy atom. The van der Waals surface area contributed by atoms with Gasteiger partial charge < -0.3 is 15.1 Å². The van der Waals surface area contributed by atoms with E-state index in [1.54, 1.807) is 0 Å². The largest absolute Gasteiger partial charge is 0.340 e. The maximum atomic E-state index is 12.4. The monoisotopic (exact) mass is 269 g/mol. The van der Waals surface area contributed by atoms with E-state index in [0.29, 0.717) is 12.1 Å². The highest BCUT2D eigenvalue weighted by Gasteiger charge is 2.28. The molecule has 1 aliphatic rings. The lowest BCUT2D eigenvalue weighted by Crippen LogP contribution is -2.53. The second-order valence-electron chi connectivity index (χ2n) is 6.08. The van der Waals surface area contributed by atoms with Gasteiger partial charge in [-0.2, -0.15) is 0 Å². The predicted molar refractivity (Wildman–Crippen MR) is 80.3 cm³/mol. The van der Waals surface area contributed by atoms with Gasteiger partial charge in [0.1, 0.15) is 0 Å². The highest BCUT2D eigenvalue weighted by molar-refractivity contribution is 5.82. The molecule has 4 nitrogen and oxygen atoms in total. The molecule has 0 radical (unpaired) electrons. The van der Waals surface area contributed by atoms with Crippen molar-refractivity contribution in [3.05, 3.63) is 0 Å². The summed E-state index contributed by atoms with van der Waals surface area (Å²) in [4.78, 5) is 16.7. The number of piperidine rings is 1. The molecule has 1 saturated heterocycles. The van der Waals surface area contributed by atoms with Crippen LogP contribution < -0.4 is 5.32 Å². The molecule has 2 unspecified atom stereocenters. The number of hydrogen-bond donors (Lipinski definition) is 1. The van der Waals surface area contributed by atoms with Gasteiger partial charge >= 0.3 is 0 Å². The van der Waals surface area contributed by atoms with E-state index in [2.05, 4.69) is 45.0 Å². The van der Waals surface area contributed by atoms with Crippen molar-refractivity contribution < 1.29 is 4.79 Å². The van der Waals surface area contributed by atoms with Gasteiger partial charge in [0.25, 0.3) is 0 Å². The third-order valence-corrected chi connectivity index (χ3v) is 4.13. The molecule has 0 saturated carbocycles. The van der Waals surface area contributed by atoms with Gasteiger partial charge in [-0.15, -0.1) is 0 Å². The number of likely N-dealkylation sites (N-methyl/N-ethyl adjacent to an activating group) is 1. The normalized spacial score (nSPS) is 22.4. The minimum Gasteiger partial charge on any atom is -0.340 e. The van der Waals surface area contributed by atoms with Gasteiger partial charge in [0.15, 0.2) is 0 Å². The number of amides is 1. The number of rotatable bonds is 7. The zero-order chi connectivity index (χ0) is 14.4. The minimum atomic E-state index is 0.0302. The third-order valence-electron chi connectivity index (χ3n) is 4.13. The standard InChI is InChI=1S/C15H31N3O/c1-6-13(4)17(5)10-11-18-9-7-8-14(15(18)19)16-12(2)3/h12-14,16H,6-11H2,1-5H3. The highest BCUT2D eigenvalue weighted by atomic mass is 16.2. The predicted octanol–water partition coefficient (Wildman–Crippen LogP) is 1.71. The average molecular weight is 269 g/mol. The van der Waals surface area contributed by atoms with Crippen molar-refractivity contribution in [2.24, 2.45) is 0 Å². The van der Waals surface area contributed by atoms with Crippen LogP contribution in [0.15, 0.2) is 0 Å². The van der Waals surface area contributed by atoms with Gasteiger partial charge in [0.05, 0.1) is 6.04 Å². The van der Waals surface area contributed by atoms with Gasteiger partial charge in [0.2, 0.25) is 5.91 Å². The zero-order valence-electron chi connectivity index (χ0n) is 13.3. The van der Waals surface area contributed by atoms with E-state index in [0.717, 1.165) is 38.9 Å². The number of hydrogen-bond acceptors (Lipinski definition) is 3. The summed E-state index contributed by atoms with van der Waals surface area (Å²) in [6, 6.07) is 0.990. The Hall–Kier alpha value is -0.610. The molecule has 112 valence electrons. The summed E-state index contributed by atoms with van der Waals surface area (Å²) >= 11 is 0. The maximum Gasteiger partial charge on any atom is 0.239 e. The summed E-state index contributed by atoms with van der Waals surface area (Å²) in [6.45, 7) is 11.4. The molecule has 0 bridgehead atoms. The lowest BCUT2D eigenvalue weighted by Gasteiger charge is -2.35. The molecular formula is C15H31N3O. The topological polar surface area (TPSA) is 35.6 Å². The molecule has 1 rings (SSSR count). The van der Waals surface area contributed by atoms with Crippen LogP contribution in [-0.2, 0) is 4.79 Å². The van der Waals surface area contributed by atoms with Crippen molar-refractivity contribution in [2.45, 2.75) is 65.1 Å². The lowest BCUT2D eigenvalue weighted by molar-refractivity contribution is -0.136. The Labute approximate surface area is 118 Å². The second-order valence-corrected chi connectivity index (χ2v) is 6.08. The van der Waals surface area contributed by atoms with E-state index in [4.69, 9.17) is 0 Å². The van der Waals surface area contributed by atoms with Crippen molar-refractivity contribution in [2.75, 3.05) is 26.7 Å². The van der Waals surface area contributed by atoms with E-state index in [-0.39, 0.29) is 11.9 Å². The van der Waals surface area contributed by atoms with Crippen LogP contribution in [0.1, 0.15) is 47.0 Å². The van der Waals surface area contributed by atoms with Crippen LogP contribution >= 0.6 is 0 Å². The van der Waals surface area contributed by atoms with Gasteiger partial charge in [0, 0.05) is 31.7 Å². The van der Waals surface area contributed by atoms with E-state index in [1.165, 1.54) is 0 Å². The summed E-state index contributed by atoms with van der Waals surface area (Å²) in [5, 5.41) is 3.38. The molecule has 1 fully saturated rings. The van der Waals surface area contributed by atoms with Crippen molar-refractivity contribution in [3.63, 3.8) is 0 Å². The molecule has 1 heterocycles. The van der Waals surface area contributed by atoms with Gasteiger partial charge in [-0.25, -0.2) is 0 Å². The number of carbonyl (C=O) groups excluding carboxylic acids is 1. The molecule has 4 heteroatoms. The molecule has 0 aliphatic carbocycles.